The Bertz CT molecular complexity index is 747. The van der Waals surface area contributed by atoms with Crippen molar-refractivity contribution in [3.63, 3.8) is 0 Å². The first-order chi connectivity index (χ1) is 12.1. The molecule has 0 unspecified atom stereocenters. The first-order valence-electron chi connectivity index (χ1n) is 8.64. The normalized spacial score (nSPS) is 17.7. The number of rotatable bonds is 6. The van der Waals surface area contributed by atoms with Crippen molar-refractivity contribution in [1.82, 2.24) is 9.97 Å². The van der Waals surface area contributed by atoms with Gasteiger partial charge in [0.1, 0.15) is 23.3 Å². The van der Waals surface area contributed by atoms with Crippen LogP contribution in [0.2, 0.25) is 0 Å². The fraction of sp³-hybridized carbons (Fsp3) is 0.500. The van der Waals surface area contributed by atoms with Crippen molar-refractivity contribution in [2.75, 3.05) is 11.4 Å². The highest BCUT2D eigenvalue weighted by Crippen LogP contribution is 2.27. The zero-order valence-electron chi connectivity index (χ0n) is 14.5. The molecule has 0 bridgehead atoms. The number of anilines is 1. The van der Waals surface area contributed by atoms with Crippen LogP contribution in [0.5, 0.6) is 0 Å². The molecule has 0 N–H and O–H groups in total. The van der Waals surface area contributed by atoms with Crippen LogP contribution in [-0.2, 0) is 12.2 Å². The van der Waals surface area contributed by atoms with E-state index in [-0.39, 0.29) is 5.76 Å². The number of carboxylic acid groups (broad SMARTS) is 1. The van der Waals surface area contributed by atoms with Gasteiger partial charge in [-0.05, 0) is 44.7 Å². The zero-order valence-corrected chi connectivity index (χ0v) is 15.3. The van der Waals surface area contributed by atoms with Crippen molar-refractivity contribution in [2.24, 2.45) is 0 Å². The number of aryl methyl sites for hydroxylation is 1. The van der Waals surface area contributed by atoms with E-state index in [4.69, 9.17) is 9.40 Å². The molecule has 1 aliphatic heterocycles. The van der Waals surface area contributed by atoms with Crippen LogP contribution >= 0.6 is 11.8 Å². The second kappa shape index (κ2) is 7.91. The van der Waals surface area contributed by atoms with Crippen LogP contribution in [0.3, 0.4) is 0 Å². The van der Waals surface area contributed by atoms with E-state index < -0.39 is 5.97 Å². The van der Waals surface area contributed by atoms with Crippen molar-refractivity contribution in [3.05, 3.63) is 35.4 Å². The maximum absolute atomic E-state index is 10.8. The smallest absolute Gasteiger partial charge is 0.190 e. The van der Waals surface area contributed by atoms with E-state index in [0.717, 1.165) is 24.5 Å². The number of thioether (sulfide) groups is 1. The summed E-state index contributed by atoms with van der Waals surface area (Å²) in [7, 11) is 0. The number of carbonyl (C=O) groups excluding carboxylic acids is 1. The average molecular weight is 360 g/mol. The highest BCUT2D eigenvalue weighted by Gasteiger charge is 2.21. The number of hydrogen-bond donors (Lipinski definition) is 0. The minimum Gasteiger partial charge on any atom is -0.542 e. The van der Waals surface area contributed by atoms with Crippen LogP contribution in [-0.4, -0.2) is 28.5 Å². The van der Waals surface area contributed by atoms with Gasteiger partial charge in [-0.1, -0.05) is 18.7 Å². The third-order valence-corrected chi connectivity index (χ3v) is 5.28. The van der Waals surface area contributed by atoms with Crippen molar-refractivity contribution < 1.29 is 14.3 Å². The van der Waals surface area contributed by atoms with E-state index in [1.165, 1.54) is 37.1 Å². The fourth-order valence-corrected chi connectivity index (χ4v) is 3.76. The number of hydrogen-bond acceptors (Lipinski definition) is 7. The molecule has 3 rings (SSSR count). The van der Waals surface area contributed by atoms with Crippen molar-refractivity contribution >= 4 is 23.5 Å². The quantitative estimate of drug-likeness (QED) is 0.578. The van der Waals surface area contributed by atoms with Gasteiger partial charge in [0, 0.05) is 24.3 Å². The van der Waals surface area contributed by atoms with Crippen LogP contribution in [0.25, 0.3) is 0 Å². The third kappa shape index (κ3) is 4.34. The lowest BCUT2D eigenvalue weighted by atomic mass is 10.0. The molecule has 1 fully saturated rings. The number of piperidine rings is 1. The van der Waals surface area contributed by atoms with Gasteiger partial charge >= 0.3 is 0 Å². The van der Waals surface area contributed by atoms with Crippen LogP contribution in [0, 0.1) is 0 Å². The molecular weight excluding hydrogens is 338 g/mol. The predicted molar refractivity (Wildman–Crippen MR) is 94.7 cm³/mol. The minimum absolute atomic E-state index is 0.151. The third-order valence-electron chi connectivity index (χ3n) is 4.41. The molecule has 134 valence electrons. The monoisotopic (exact) mass is 360 g/mol. The number of furan rings is 1. The molecule has 2 aromatic heterocycles. The van der Waals surface area contributed by atoms with Crippen LogP contribution in [0.15, 0.2) is 27.8 Å². The molecular formula is C18H22N3O3S-. The Balaban J connectivity index is 1.75. The molecule has 1 saturated heterocycles. The van der Waals surface area contributed by atoms with Crippen molar-refractivity contribution in [3.8, 4) is 0 Å². The Hall–Kier alpha value is -2.02. The first-order valence-corrected chi connectivity index (χ1v) is 9.63. The molecule has 0 aromatic carbocycles. The highest BCUT2D eigenvalue weighted by molar-refractivity contribution is 7.98. The lowest BCUT2D eigenvalue weighted by Gasteiger charge is -2.34. The van der Waals surface area contributed by atoms with Gasteiger partial charge in [-0.25, -0.2) is 9.97 Å². The second-order valence-electron chi connectivity index (χ2n) is 6.23. The molecule has 1 atom stereocenters. The van der Waals surface area contributed by atoms with Gasteiger partial charge in [0.2, 0.25) is 0 Å². The standard InChI is InChI=1S/C18H23N3O3S/c1-3-13-10-16(21-9-5-4-6-12(21)2)20-18(19-13)25-11-14-7-8-15(24-14)17(22)23/h7-8,10,12H,3-6,9,11H2,1-2H3,(H,22,23)/p-1/t12-/m0/s1. The fourth-order valence-electron chi connectivity index (χ4n) is 2.99. The van der Waals surface area contributed by atoms with E-state index >= 15 is 0 Å². The zero-order chi connectivity index (χ0) is 17.8. The van der Waals surface area contributed by atoms with Crippen LogP contribution in [0.1, 0.15) is 55.1 Å². The van der Waals surface area contributed by atoms with Gasteiger partial charge < -0.3 is 19.2 Å². The molecule has 25 heavy (non-hydrogen) atoms. The summed E-state index contributed by atoms with van der Waals surface area (Å²) in [5, 5.41) is 11.5. The summed E-state index contributed by atoms with van der Waals surface area (Å²) in [6.07, 6.45) is 4.49. The van der Waals surface area contributed by atoms with E-state index in [1.54, 1.807) is 6.07 Å². The predicted octanol–water partition coefficient (Wildman–Crippen LogP) is 2.67. The Morgan fingerprint density at radius 2 is 2.24 bits per heavy atom. The number of carboxylic acids is 1. The lowest BCUT2D eigenvalue weighted by molar-refractivity contribution is -0.257. The molecule has 3 heterocycles. The summed E-state index contributed by atoms with van der Waals surface area (Å²) in [6, 6.07) is 5.62. The molecule has 7 heteroatoms. The van der Waals surface area contributed by atoms with Gasteiger partial charge in [0.15, 0.2) is 5.16 Å². The number of nitrogens with zero attached hydrogens (tertiary/aromatic N) is 3. The van der Waals surface area contributed by atoms with Gasteiger partial charge in [-0.15, -0.1) is 0 Å². The van der Waals surface area contributed by atoms with Gasteiger partial charge in [-0.3, -0.25) is 0 Å². The van der Waals surface area contributed by atoms with Gasteiger partial charge in [0.05, 0.1) is 5.75 Å². The maximum Gasteiger partial charge on any atom is 0.190 e. The molecule has 6 nitrogen and oxygen atoms in total. The van der Waals surface area contributed by atoms with Gasteiger partial charge in [0.25, 0.3) is 0 Å². The molecule has 0 aliphatic carbocycles. The van der Waals surface area contributed by atoms with Crippen LogP contribution in [0.4, 0.5) is 5.82 Å². The average Bonchev–Trinajstić information content (AvgIpc) is 3.09. The summed E-state index contributed by atoms with van der Waals surface area (Å²) in [5.74, 6) is 0.581. The Morgan fingerprint density at radius 1 is 1.40 bits per heavy atom. The Kier molecular flexibility index (Phi) is 5.63. The van der Waals surface area contributed by atoms with Gasteiger partial charge in [-0.2, -0.15) is 0 Å². The van der Waals surface area contributed by atoms with Crippen molar-refractivity contribution in [2.45, 2.75) is 56.5 Å². The van der Waals surface area contributed by atoms with E-state index in [1.807, 2.05) is 0 Å². The lowest BCUT2D eigenvalue weighted by Crippen LogP contribution is -2.38. The first kappa shape index (κ1) is 17.8. The molecule has 0 spiro atoms. The summed E-state index contributed by atoms with van der Waals surface area (Å²) < 4.78 is 5.24. The summed E-state index contributed by atoms with van der Waals surface area (Å²) >= 11 is 1.45. The van der Waals surface area contributed by atoms with E-state index in [0.29, 0.717) is 22.7 Å². The molecule has 0 amide bonds. The summed E-state index contributed by atoms with van der Waals surface area (Å²) in [6.45, 7) is 5.35. The summed E-state index contributed by atoms with van der Waals surface area (Å²) in [5.41, 5.74) is 1.01. The minimum atomic E-state index is -1.30. The Morgan fingerprint density at radius 3 is 2.92 bits per heavy atom. The maximum atomic E-state index is 10.8. The molecule has 1 aliphatic rings. The topological polar surface area (TPSA) is 82.3 Å². The largest absolute Gasteiger partial charge is 0.542 e. The highest BCUT2D eigenvalue weighted by atomic mass is 32.2. The number of aromatic carboxylic acids is 1. The van der Waals surface area contributed by atoms with Crippen LogP contribution < -0.4 is 10.0 Å². The molecule has 0 radical (unpaired) electrons. The second-order valence-corrected chi connectivity index (χ2v) is 7.18. The SMILES string of the molecule is CCc1cc(N2CCCC[C@@H]2C)nc(SCc2ccc(C(=O)[O-])o2)n1. The van der Waals surface area contributed by atoms with E-state index in [9.17, 15) is 9.90 Å². The number of carbonyl (C=O) groups is 1. The summed E-state index contributed by atoms with van der Waals surface area (Å²) in [4.78, 5) is 22.4. The van der Waals surface area contributed by atoms with E-state index in [2.05, 4.69) is 29.8 Å². The molecule has 2 aromatic rings. The molecule has 0 saturated carbocycles. The Labute approximate surface area is 151 Å². The van der Waals surface area contributed by atoms with Crippen molar-refractivity contribution in [1.29, 1.82) is 0 Å². The number of aromatic nitrogens is 2.